The molecule has 0 unspecified atom stereocenters. The van der Waals surface area contributed by atoms with E-state index in [4.69, 9.17) is 16.3 Å². The standard InChI is InChI=1S/C17H14ClNO2/c1-19-10-14(12-5-3-4-6-15(12)19)17(20)13-9-11(18)7-8-16(13)21-2/h3-10H,1-2H3. The summed E-state index contributed by atoms with van der Waals surface area (Å²) >= 11 is 6.02. The first-order chi connectivity index (χ1) is 10.1. The van der Waals surface area contributed by atoms with Gasteiger partial charge in [0.05, 0.1) is 12.7 Å². The molecule has 2 aromatic carbocycles. The molecule has 0 aliphatic carbocycles. The zero-order valence-electron chi connectivity index (χ0n) is 11.8. The van der Waals surface area contributed by atoms with Crippen LogP contribution >= 0.6 is 11.6 Å². The molecule has 0 atom stereocenters. The summed E-state index contributed by atoms with van der Waals surface area (Å²) in [7, 11) is 3.47. The van der Waals surface area contributed by atoms with Crippen LogP contribution in [-0.4, -0.2) is 17.5 Å². The zero-order valence-corrected chi connectivity index (χ0v) is 12.5. The van der Waals surface area contributed by atoms with Gasteiger partial charge >= 0.3 is 0 Å². The topological polar surface area (TPSA) is 31.2 Å². The molecule has 1 aromatic heterocycles. The molecule has 0 N–H and O–H groups in total. The minimum atomic E-state index is -0.0915. The minimum absolute atomic E-state index is 0.0915. The van der Waals surface area contributed by atoms with Crippen molar-refractivity contribution in [2.45, 2.75) is 0 Å². The SMILES string of the molecule is COc1ccc(Cl)cc1C(=O)c1cn(C)c2ccccc12. The number of rotatable bonds is 3. The Labute approximate surface area is 127 Å². The number of halogens is 1. The van der Waals surface area contributed by atoms with Gasteiger partial charge in [0.2, 0.25) is 0 Å². The van der Waals surface area contributed by atoms with E-state index in [1.54, 1.807) is 25.3 Å². The highest BCUT2D eigenvalue weighted by molar-refractivity contribution is 6.31. The summed E-state index contributed by atoms with van der Waals surface area (Å²) in [5.74, 6) is 0.434. The molecule has 3 aromatic rings. The largest absolute Gasteiger partial charge is 0.496 e. The lowest BCUT2D eigenvalue weighted by Gasteiger charge is -2.07. The molecule has 3 nitrogen and oxygen atoms in total. The second-order valence-electron chi connectivity index (χ2n) is 4.84. The summed E-state index contributed by atoms with van der Waals surface area (Å²) in [5.41, 5.74) is 2.14. The van der Waals surface area contributed by atoms with Crippen molar-refractivity contribution in [3.05, 3.63) is 64.8 Å². The molecule has 0 bridgehead atoms. The Morgan fingerprint density at radius 3 is 2.67 bits per heavy atom. The summed E-state index contributed by atoms with van der Waals surface area (Å²) < 4.78 is 7.22. The molecule has 0 radical (unpaired) electrons. The van der Waals surface area contributed by atoms with E-state index in [-0.39, 0.29) is 5.78 Å². The van der Waals surface area contributed by atoms with Gasteiger partial charge in [-0.25, -0.2) is 0 Å². The number of hydrogen-bond acceptors (Lipinski definition) is 2. The summed E-state index contributed by atoms with van der Waals surface area (Å²) in [6, 6.07) is 12.9. The average Bonchev–Trinajstić information content (AvgIpc) is 2.84. The number of para-hydroxylation sites is 1. The van der Waals surface area contributed by atoms with Gasteiger partial charge in [-0.3, -0.25) is 4.79 Å². The fourth-order valence-corrected chi connectivity index (χ4v) is 2.70. The van der Waals surface area contributed by atoms with Crippen LogP contribution in [-0.2, 0) is 7.05 Å². The molecular formula is C17H14ClNO2. The number of ketones is 1. The smallest absolute Gasteiger partial charge is 0.198 e. The predicted octanol–water partition coefficient (Wildman–Crippen LogP) is 4.07. The van der Waals surface area contributed by atoms with Crippen molar-refractivity contribution in [3.63, 3.8) is 0 Å². The zero-order chi connectivity index (χ0) is 15.0. The molecular weight excluding hydrogens is 286 g/mol. The molecule has 1 heterocycles. The number of aryl methyl sites for hydroxylation is 1. The molecule has 0 spiro atoms. The lowest BCUT2D eigenvalue weighted by atomic mass is 10.0. The van der Waals surface area contributed by atoms with E-state index in [0.29, 0.717) is 21.9 Å². The Morgan fingerprint density at radius 2 is 1.90 bits per heavy atom. The van der Waals surface area contributed by atoms with Gasteiger partial charge < -0.3 is 9.30 Å². The fraction of sp³-hybridized carbons (Fsp3) is 0.118. The van der Waals surface area contributed by atoms with Crippen molar-refractivity contribution in [2.24, 2.45) is 7.05 Å². The quantitative estimate of drug-likeness (QED) is 0.683. The maximum Gasteiger partial charge on any atom is 0.198 e. The number of methoxy groups -OCH3 is 1. The van der Waals surface area contributed by atoms with Crippen molar-refractivity contribution in [3.8, 4) is 5.75 Å². The highest BCUT2D eigenvalue weighted by Crippen LogP contribution is 2.28. The average molecular weight is 300 g/mol. The van der Waals surface area contributed by atoms with Crippen LogP contribution in [0.25, 0.3) is 10.9 Å². The molecule has 4 heteroatoms. The Balaban J connectivity index is 2.20. The highest BCUT2D eigenvalue weighted by Gasteiger charge is 2.19. The summed E-state index contributed by atoms with van der Waals surface area (Å²) in [4.78, 5) is 12.9. The molecule has 0 aliphatic heterocycles. The molecule has 0 fully saturated rings. The van der Waals surface area contributed by atoms with E-state index in [9.17, 15) is 4.79 Å². The van der Waals surface area contributed by atoms with Crippen LogP contribution in [0.15, 0.2) is 48.7 Å². The molecule has 0 amide bonds. The normalized spacial score (nSPS) is 10.8. The van der Waals surface area contributed by atoms with Crippen LogP contribution in [0, 0.1) is 0 Å². The third-order valence-electron chi connectivity index (χ3n) is 3.55. The van der Waals surface area contributed by atoms with Gasteiger partial charge in [0.15, 0.2) is 5.78 Å². The van der Waals surface area contributed by atoms with Crippen LogP contribution in [0.4, 0.5) is 0 Å². The second-order valence-corrected chi connectivity index (χ2v) is 5.28. The van der Waals surface area contributed by atoms with E-state index >= 15 is 0 Å². The number of nitrogens with zero attached hydrogens (tertiary/aromatic N) is 1. The molecule has 0 saturated carbocycles. The van der Waals surface area contributed by atoms with Crippen molar-refractivity contribution < 1.29 is 9.53 Å². The molecule has 21 heavy (non-hydrogen) atoms. The number of hydrogen-bond donors (Lipinski definition) is 0. The lowest BCUT2D eigenvalue weighted by Crippen LogP contribution is -2.03. The van der Waals surface area contributed by atoms with Crippen molar-refractivity contribution in [2.75, 3.05) is 7.11 Å². The fourth-order valence-electron chi connectivity index (χ4n) is 2.53. The third kappa shape index (κ3) is 2.30. The third-order valence-corrected chi connectivity index (χ3v) is 3.78. The number of aromatic nitrogens is 1. The van der Waals surface area contributed by atoms with Crippen LogP contribution in [0.1, 0.15) is 15.9 Å². The summed E-state index contributed by atoms with van der Waals surface area (Å²) in [5, 5.41) is 1.44. The van der Waals surface area contributed by atoms with Crippen LogP contribution < -0.4 is 4.74 Å². The predicted molar refractivity (Wildman–Crippen MR) is 84.4 cm³/mol. The molecule has 0 saturated heterocycles. The number of fused-ring (bicyclic) bond motifs is 1. The number of carbonyl (C=O) groups excluding carboxylic acids is 1. The highest BCUT2D eigenvalue weighted by atomic mass is 35.5. The van der Waals surface area contributed by atoms with E-state index in [2.05, 4.69) is 0 Å². The van der Waals surface area contributed by atoms with Crippen molar-refractivity contribution >= 4 is 28.3 Å². The number of carbonyl (C=O) groups is 1. The van der Waals surface area contributed by atoms with E-state index < -0.39 is 0 Å². The van der Waals surface area contributed by atoms with Gasteiger partial charge in [0.1, 0.15) is 5.75 Å². The molecule has 3 rings (SSSR count). The molecule has 106 valence electrons. The van der Waals surface area contributed by atoms with E-state index in [1.807, 2.05) is 42.1 Å². The van der Waals surface area contributed by atoms with Gasteiger partial charge in [-0.15, -0.1) is 0 Å². The van der Waals surface area contributed by atoms with Gasteiger partial charge in [-0.05, 0) is 24.3 Å². The second kappa shape index (κ2) is 5.26. The Hall–Kier alpha value is -2.26. The first-order valence-corrected chi connectivity index (χ1v) is 6.92. The number of ether oxygens (including phenoxy) is 1. The van der Waals surface area contributed by atoms with Gasteiger partial charge in [0, 0.05) is 34.7 Å². The Bertz CT molecular complexity index is 836. The van der Waals surface area contributed by atoms with Gasteiger partial charge in [-0.1, -0.05) is 29.8 Å². The van der Waals surface area contributed by atoms with E-state index in [0.717, 1.165) is 10.9 Å². The van der Waals surface area contributed by atoms with Crippen molar-refractivity contribution in [1.82, 2.24) is 4.57 Å². The van der Waals surface area contributed by atoms with Crippen molar-refractivity contribution in [1.29, 1.82) is 0 Å². The van der Waals surface area contributed by atoms with Crippen LogP contribution in [0.3, 0.4) is 0 Å². The monoisotopic (exact) mass is 299 g/mol. The van der Waals surface area contributed by atoms with Crippen LogP contribution in [0.2, 0.25) is 5.02 Å². The van der Waals surface area contributed by atoms with E-state index in [1.165, 1.54) is 0 Å². The summed E-state index contributed by atoms with van der Waals surface area (Å²) in [6.45, 7) is 0. The van der Waals surface area contributed by atoms with Gasteiger partial charge in [-0.2, -0.15) is 0 Å². The Kier molecular flexibility index (Phi) is 3.43. The number of benzene rings is 2. The van der Waals surface area contributed by atoms with Crippen LogP contribution in [0.5, 0.6) is 5.75 Å². The maximum atomic E-state index is 12.9. The first kappa shape index (κ1) is 13.7. The minimum Gasteiger partial charge on any atom is -0.496 e. The van der Waals surface area contributed by atoms with Gasteiger partial charge in [0.25, 0.3) is 0 Å². The maximum absolute atomic E-state index is 12.9. The first-order valence-electron chi connectivity index (χ1n) is 6.54. The lowest BCUT2D eigenvalue weighted by molar-refractivity contribution is 0.103. The molecule has 0 aliphatic rings. The Morgan fingerprint density at radius 1 is 1.14 bits per heavy atom. The summed E-state index contributed by atoms with van der Waals surface area (Å²) in [6.07, 6.45) is 1.84.